The molecule has 0 spiro atoms. The molecule has 0 aliphatic rings. The Kier molecular flexibility index (Phi) is 10.1. The number of benzene rings is 4. The van der Waals surface area contributed by atoms with Gasteiger partial charge in [-0.2, -0.15) is 0 Å². The van der Waals surface area contributed by atoms with Crippen molar-refractivity contribution in [2.75, 3.05) is 0 Å². The molecule has 0 saturated carbocycles. The minimum absolute atomic E-state index is 0.0416. The molecule has 0 atom stereocenters. The Balaban J connectivity index is 0.000000146. The number of H-pyrrole nitrogens is 1. The molecule has 7 rings (SSSR count). The number of ketones is 1. The van der Waals surface area contributed by atoms with E-state index in [9.17, 15) is 4.79 Å². The lowest BCUT2D eigenvalue weighted by molar-refractivity contribution is -0.134. The molecule has 0 amide bonds. The van der Waals surface area contributed by atoms with E-state index in [0.29, 0.717) is 12.1 Å². The number of nitrogens with two attached hydrogens (primary N) is 1. The van der Waals surface area contributed by atoms with Crippen molar-refractivity contribution in [3.8, 4) is 11.3 Å². The van der Waals surface area contributed by atoms with Crippen LogP contribution in [0.3, 0.4) is 0 Å². The molecule has 0 aliphatic heterocycles. The summed E-state index contributed by atoms with van der Waals surface area (Å²) in [5.74, 6) is -0.792. The molecule has 4 N–H and O–H groups in total. The summed E-state index contributed by atoms with van der Waals surface area (Å²) in [4.78, 5) is 23.5. The van der Waals surface area contributed by atoms with Crippen molar-refractivity contribution in [2.24, 2.45) is 5.73 Å². The van der Waals surface area contributed by atoms with Crippen molar-refractivity contribution >= 4 is 44.6 Å². The number of aromatic amines is 1. The van der Waals surface area contributed by atoms with Crippen molar-refractivity contribution in [1.82, 2.24) is 4.98 Å². The van der Waals surface area contributed by atoms with Crippen LogP contribution in [0.2, 0.25) is 0 Å². The largest absolute Gasteiger partial charge is 0.481 e. The lowest BCUT2D eigenvalue weighted by atomic mass is 10.1. The highest BCUT2D eigenvalue weighted by Gasteiger charge is 2.10. The number of hydrogen-bond donors (Lipinski definition) is 3. The lowest BCUT2D eigenvalue weighted by Gasteiger charge is -1.92. The van der Waals surface area contributed by atoms with E-state index in [1.807, 2.05) is 91.2 Å². The molecule has 7 aromatic rings. The number of nitrogens with one attached hydrogen (secondary N) is 1. The smallest absolute Gasteiger partial charge is 0.300 e. The first kappa shape index (κ1) is 29.6. The monoisotopic (exact) mass is 560 g/mol. The third-order valence-electron chi connectivity index (χ3n) is 6.24. The molecule has 212 valence electrons. The fourth-order valence-electron chi connectivity index (χ4n) is 4.27. The second kappa shape index (κ2) is 14.3. The predicted molar refractivity (Wildman–Crippen MR) is 167 cm³/mol. The van der Waals surface area contributed by atoms with E-state index < -0.39 is 5.97 Å². The maximum Gasteiger partial charge on any atom is 0.300 e. The Hall–Kier alpha value is -5.40. The maximum atomic E-state index is 11.1. The van der Waals surface area contributed by atoms with E-state index in [2.05, 4.69) is 29.2 Å². The number of hydrogen-bond acceptors (Lipinski definition) is 5. The van der Waals surface area contributed by atoms with Gasteiger partial charge in [0.1, 0.15) is 23.7 Å². The van der Waals surface area contributed by atoms with Gasteiger partial charge in [0, 0.05) is 40.7 Å². The first-order valence-corrected chi connectivity index (χ1v) is 13.3. The summed E-state index contributed by atoms with van der Waals surface area (Å²) >= 11 is 0. The number of para-hydroxylation sites is 3. The molecule has 0 aliphatic carbocycles. The van der Waals surface area contributed by atoms with E-state index in [1.54, 1.807) is 0 Å². The number of Topliss-reactive ketones (excluding diaryl/α,β-unsaturated/α-hetero) is 1. The van der Waals surface area contributed by atoms with Crippen molar-refractivity contribution in [1.29, 1.82) is 0 Å². The molecule has 0 unspecified atom stereocenters. The van der Waals surface area contributed by atoms with Crippen LogP contribution in [-0.2, 0) is 11.3 Å². The van der Waals surface area contributed by atoms with Crippen molar-refractivity contribution in [2.45, 2.75) is 20.4 Å². The number of aliphatic carboxylic acids is 1. The molecule has 0 radical (unpaired) electrons. The van der Waals surface area contributed by atoms with Gasteiger partial charge >= 0.3 is 0 Å². The molecule has 0 fully saturated rings. The Bertz CT molecular complexity index is 1860. The first-order valence-electron chi connectivity index (χ1n) is 13.3. The second-order valence-electron chi connectivity index (χ2n) is 9.33. The Morgan fingerprint density at radius 1 is 0.738 bits per heavy atom. The Morgan fingerprint density at radius 2 is 1.29 bits per heavy atom. The number of carboxylic acid groups (broad SMARTS) is 1. The SMILES string of the molecule is CC(=O)O.CC(=O)c1coc2ccccc12.NCc1ccccc1.c1ccc2[nH]c(-c3coc4ccccc34)cc2c1. The summed E-state index contributed by atoms with van der Waals surface area (Å²) < 4.78 is 10.8. The maximum absolute atomic E-state index is 11.1. The minimum Gasteiger partial charge on any atom is -0.481 e. The molecule has 42 heavy (non-hydrogen) atoms. The van der Waals surface area contributed by atoms with Gasteiger partial charge in [-0.25, -0.2) is 0 Å². The molecular formula is C35H32N2O5. The van der Waals surface area contributed by atoms with Crippen LogP contribution in [0.4, 0.5) is 0 Å². The van der Waals surface area contributed by atoms with Gasteiger partial charge in [0.05, 0.1) is 11.3 Å². The minimum atomic E-state index is -0.833. The number of carboxylic acids is 1. The van der Waals surface area contributed by atoms with Crippen LogP contribution in [0, 0.1) is 0 Å². The number of fused-ring (bicyclic) bond motifs is 3. The Labute approximate surface area is 243 Å². The van der Waals surface area contributed by atoms with Crippen molar-refractivity contribution in [3.05, 3.63) is 133 Å². The summed E-state index contributed by atoms with van der Waals surface area (Å²) in [6.07, 6.45) is 3.32. The quantitative estimate of drug-likeness (QED) is 0.186. The molecule has 0 saturated heterocycles. The van der Waals surface area contributed by atoms with Crippen LogP contribution < -0.4 is 5.73 Å². The van der Waals surface area contributed by atoms with Crippen LogP contribution in [0.5, 0.6) is 0 Å². The summed E-state index contributed by atoms with van der Waals surface area (Å²) in [5, 5.41) is 10.7. The zero-order chi connectivity index (χ0) is 29.9. The standard InChI is InChI=1S/C16H11NO.C10H8O2.C7H9N.C2H4O2/c1-3-7-14-11(5-1)9-15(17-14)13-10-18-16-8-4-2-6-12(13)16;1-7(11)9-6-12-10-5-3-2-4-8(9)10;8-6-7-4-2-1-3-5-7;1-2(3)4/h1-10,17H;2-6H,1H3;1-5H,6,8H2;1H3,(H,3,4). The molecule has 4 aromatic carbocycles. The Morgan fingerprint density at radius 3 is 1.90 bits per heavy atom. The summed E-state index contributed by atoms with van der Waals surface area (Å²) in [6.45, 7) is 3.26. The fourth-order valence-corrected chi connectivity index (χ4v) is 4.27. The number of carbonyl (C=O) groups excluding carboxylic acids is 1. The van der Waals surface area contributed by atoms with Gasteiger partial charge < -0.3 is 24.7 Å². The highest BCUT2D eigenvalue weighted by Crippen LogP contribution is 2.31. The number of furan rings is 2. The van der Waals surface area contributed by atoms with Crippen LogP contribution in [0.15, 0.2) is 131 Å². The van der Waals surface area contributed by atoms with Gasteiger partial charge in [-0.1, -0.05) is 84.9 Å². The summed E-state index contributed by atoms with van der Waals surface area (Å²) in [6, 6.07) is 36.0. The lowest BCUT2D eigenvalue weighted by Crippen LogP contribution is -1.94. The topological polar surface area (TPSA) is 122 Å². The van der Waals surface area contributed by atoms with Gasteiger partial charge in [0.25, 0.3) is 5.97 Å². The first-order chi connectivity index (χ1) is 20.4. The normalized spacial score (nSPS) is 10.2. The van der Waals surface area contributed by atoms with E-state index in [1.165, 1.54) is 24.1 Å². The van der Waals surface area contributed by atoms with Gasteiger partial charge in [-0.05, 0) is 36.8 Å². The second-order valence-corrected chi connectivity index (χ2v) is 9.33. The average Bonchev–Trinajstić information content (AvgIpc) is 3.74. The average molecular weight is 561 g/mol. The van der Waals surface area contributed by atoms with E-state index in [4.69, 9.17) is 24.5 Å². The predicted octanol–water partition coefficient (Wildman–Crippen LogP) is 8.45. The van der Waals surface area contributed by atoms with Crippen LogP contribution in [0.25, 0.3) is 44.1 Å². The van der Waals surface area contributed by atoms with Crippen LogP contribution in [-0.4, -0.2) is 21.8 Å². The molecule has 3 heterocycles. The summed E-state index contributed by atoms with van der Waals surface area (Å²) in [5.41, 5.74) is 12.2. The van der Waals surface area contributed by atoms with Crippen molar-refractivity contribution in [3.63, 3.8) is 0 Å². The molecule has 3 aromatic heterocycles. The van der Waals surface area contributed by atoms with Crippen LogP contribution in [0.1, 0.15) is 29.8 Å². The molecular weight excluding hydrogens is 528 g/mol. The zero-order valence-electron chi connectivity index (χ0n) is 23.4. The molecule has 7 nitrogen and oxygen atoms in total. The zero-order valence-corrected chi connectivity index (χ0v) is 23.4. The third kappa shape index (κ3) is 7.62. The number of rotatable bonds is 3. The van der Waals surface area contributed by atoms with E-state index in [-0.39, 0.29) is 5.78 Å². The fraction of sp³-hybridized carbons (Fsp3) is 0.0857. The highest BCUT2D eigenvalue weighted by molar-refractivity contribution is 6.05. The number of carbonyl (C=O) groups is 2. The van der Waals surface area contributed by atoms with E-state index >= 15 is 0 Å². The van der Waals surface area contributed by atoms with Gasteiger partial charge in [-0.3, -0.25) is 9.59 Å². The van der Waals surface area contributed by atoms with Gasteiger partial charge in [0.2, 0.25) is 0 Å². The highest BCUT2D eigenvalue weighted by atomic mass is 16.4. The van der Waals surface area contributed by atoms with Crippen LogP contribution >= 0.6 is 0 Å². The molecule has 7 heteroatoms. The third-order valence-corrected chi connectivity index (χ3v) is 6.24. The van der Waals surface area contributed by atoms with Gasteiger partial charge in [0.15, 0.2) is 5.78 Å². The van der Waals surface area contributed by atoms with E-state index in [0.717, 1.165) is 45.6 Å². The summed E-state index contributed by atoms with van der Waals surface area (Å²) in [7, 11) is 0. The van der Waals surface area contributed by atoms with Crippen molar-refractivity contribution < 1.29 is 23.5 Å². The van der Waals surface area contributed by atoms with Gasteiger partial charge in [-0.15, -0.1) is 0 Å². The molecule has 0 bridgehead atoms. The number of aromatic nitrogens is 1.